The Morgan fingerprint density at radius 2 is 2.25 bits per heavy atom. The quantitative estimate of drug-likeness (QED) is 0.478. The van der Waals surface area contributed by atoms with Gasteiger partial charge in [-0.25, -0.2) is 4.98 Å². The molecule has 7 heteroatoms. The van der Waals surface area contributed by atoms with Gasteiger partial charge >= 0.3 is 0 Å². The number of aromatic nitrogens is 1. The van der Waals surface area contributed by atoms with E-state index in [0.717, 1.165) is 19.0 Å². The Kier molecular flexibility index (Phi) is 4.23. The lowest BCUT2D eigenvalue weighted by Crippen LogP contribution is -2.46. The number of pyridine rings is 1. The Bertz CT molecular complexity index is 550. The molecule has 20 heavy (non-hydrogen) atoms. The van der Waals surface area contributed by atoms with E-state index in [-0.39, 0.29) is 28.4 Å². The van der Waals surface area contributed by atoms with Crippen molar-refractivity contribution in [2.24, 2.45) is 5.92 Å². The van der Waals surface area contributed by atoms with Crippen LogP contribution in [0.4, 0.5) is 5.69 Å². The maximum Gasteiger partial charge on any atom is 0.300 e. The van der Waals surface area contributed by atoms with Gasteiger partial charge in [0, 0.05) is 12.6 Å². The van der Waals surface area contributed by atoms with Crippen LogP contribution in [-0.2, 0) is 0 Å². The summed E-state index contributed by atoms with van der Waals surface area (Å²) in [4.78, 5) is 28.3. The first kappa shape index (κ1) is 14.7. The molecule has 2 heterocycles. The second kappa shape index (κ2) is 5.75. The predicted octanol–water partition coefficient (Wildman–Crippen LogP) is 2.90. The molecule has 6 nitrogen and oxygen atoms in total. The van der Waals surface area contributed by atoms with E-state index in [4.69, 9.17) is 11.6 Å². The second-order valence-corrected chi connectivity index (χ2v) is 5.53. The van der Waals surface area contributed by atoms with Gasteiger partial charge in [-0.1, -0.05) is 18.5 Å². The van der Waals surface area contributed by atoms with E-state index in [1.807, 2.05) is 6.92 Å². The largest absolute Gasteiger partial charge is 0.335 e. The second-order valence-electron chi connectivity index (χ2n) is 5.14. The lowest BCUT2D eigenvalue weighted by atomic mass is 9.91. The van der Waals surface area contributed by atoms with Crippen molar-refractivity contribution in [2.75, 3.05) is 6.54 Å². The van der Waals surface area contributed by atoms with Crippen molar-refractivity contribution in [3.8, 4) is 0 Å². The molecule has 1 amide bonds. The Morgan fingerprint density at radius 1 is 1.55 bits per heavy atom. The van der Waals surface area contributed by atoms with Gasteiger partial charge in [-0.15, -0.1) is 0 Å². The SMILES string of the molecule is CC1CCCN(C(=O)c2cc(Cl)ncc2[N+](=O)[O-])C1C. The fourth-order valence-electron chi connectivity index (χ4n) is 2.52. The number of piperidine rings is 1. The minimum atomic E-state index is -0.603. The van der Waals surface area contributed by atoms with Crippen LogP contribution in [0.1, 0.15) is 37.0 Å². The van der Waals surface area contributed by atoms with Gasteiger partial charge in [-0.2, -0.15) is 0 Å². The van der Waals surface area contributed by atoms with Crippen LogP contribution in [0.3, 0.4) is 0 Å². The fraction of sp³-hybridized carbons (Fsp3) is 0.538. The molecule has 2 unspecified atom stereocenters. The first-order valence-electron chi connectivity index (χ1n) is 6.52. The number of rotatable bonds is 2. The van der Waals surface area contributed by atoms with Crippen molar-refractivity contribution in [3.05, 3.63) is 33.1 Å². The van der Waals surface area contributed by atoms with Crippen LogP contribution in [0, 0.1) is 16.0 Å². The molecule has 0 aliphatic carbocycles. The van der Waals surface area contributed by atoms with E-state index in [1.54, 1.807) is 4.90 Å². The monoisotopic (exact) mass is 297 g/mol. The molecule has 1 aromatic rings. The van der Waals surface area contributed by atoms with E-state index < -0.39 is 4.92 Å². The molecule has 1 saturated heterocycles. The third-order valence-corrected chi connectivity index (χ3v) is 4.12. The number of nitro groups is 1. The highest BCUT2D eigenvalue weighted by atomic mass is 35.5. The number of carbonyl (C=O) groups is 1. The van der Waals surface area contributed by atoms with Crippen molar-refractivity contribution in [2.45, 2.75) is 32.7 Å². The molecule has 0 aromatic carbocycles. The number of hydrogen-bond donors (Lipinski definition) is 0. The zero-order valence-electron chi connectivity index (χ0n) is 11.4. The molecule has 108 valence electrons. The van der Waals surface area contributed by atoms with Crippen molar-refractivity contribution in [3.63, 3.8) is 0 Å². The Hall–Kier alpha value is -1.69. The van der Waals surface area contributed by atoms with E-state index in [9.17, 15) is 14.9 Å². The van der Waals surface area contributed by atoms with Crippen molar-refractivity contribution < 1.29 is 9.72 Å². The highest BCUT2D eigenvalue weighted by molar-refractivity contribution is 6.29. The Morgan fingerprint density at radius 3 is 2.90 bits per heavy atom. The number of hydrogen-bond acceptors (Lipinski definition) is 4. The van der Waals surface area contributed by atoms with Gasteiger partial charge in [0.2, 0.25) is 0 Å². The molecule has 1 aromatic heterocycles. The van der Waals surface area contributed by atoms with Gasteiger partial charge in [-0.3, -0.25) is 14.9 Å². The van der Waals surface area contributed by atoms with Crippen molar-refractivity contribution >= 4 is 23.2 Å². The zero-order chi connectivity index (χ0) is 14.9. The highest BCUT2D eigenvalue weighted by Crippen LogP contribution is 2.28. The number of halogens is 1. The van der Waals surface area contributed by atoms with Crippen LogP contribution in [0.2, 0.25) is 5.15 Å². The van der Waals surface area contributed by atoms with E-state index in [2.05, 4.69) is 11.9 Å². The molecule has 0 saturated carbocycles. The van der Waals surface area contributed by atoms with Gasteiger partial charge in [-0.05, 0) is 31.7 Å². The zero-order valence-corrected chi connectivity index (χ0v) is 12.1. The minimum absolute atomic E-state index is 0.0101. The number of nitrogens with zero attached hydrogens (tertiary/aromatic N) is 3. The number of amides is 1. The van der Waals surface area contributed by atoms with Crippen molar-refractivity contribution in [1.82, 2.24) is 9.88 Å². The van der Waals surface area contributed by atoms with E-state index >= 15 is 0 Å². The van der Waals surface area contributed by atoms with Crippen LogP contribution in [-0.4, -0.2) is 33.3 Å². The van der Waals surface area contributed by atoms with E-state index in [1.165, 1.54) is 6.07 Å². The van der Waals surface area contributed by atoms with Gasteiger partial charge in [0.1, 0.15) is 16.9 Å². The maximum atomic E-state index is 12.6. The molecule has 2 atom stereocenters. The van der Waals surface area contributed by atoms with Crippen LogP contribution < -0.4 is 0 Å². The van der Waals surface area contributed by atoms with Gasteiger partial charge < -0.3 is 4.90 Å². The van der Waals surface area contributed by atoms with Crippen LogP contribution in [0.15, 0.2) is 12.3 Å². The molecule has 1 fully saturated rings. The number of carbonyl (C=O) groups excluding carboxylic acids is 1. The van der Waals surface area contributed by atoms with Crippen molar-refractivity contribution in [1.29, 1.82) is 0 Å². The molecule has 0 spiro atoms. The maximum absolute atomic E-state index is 12.6. The van der Waals surface area contributed by atoms with E-state index in [0.29, 0.717) is 12.5 Å². The summed E-state index contributed by atoms with van der Waals surface area (Å²) in [6, 6.07) is 1.33. The fourth-order valence-corrected chi connectivity index (χ4v) is 2.67. The highest BCUT2D eigenvalue weighted by Gasteiger charge is 2.32. The smallest absolute Gasteiger partial charge is 0.300 e. The summed E-state index contributed by atoms with van der Waals surface area (Å²) < 4.78 is 0. The van der Waals surface area contributed by atoms with Crippen LogP contribution in [0.25, 0.3) is 0 Å². The molecular formula is C13H16ClN3O3. The Balaban J connectivity index is 2.37. The van der Waals surface area contributed by atoms with Gasteiger partial charge in [0.05, 0.1) is 4.92 Å². The third kappa shape index (κ3) is 2.75. The minimum Gasteiger partial charge on any atom is -0.335 e. The average Bonchev–Trinajstić information content (AvgIpc) is 2.40. The lowest BCUT2D eigenvalue weighted by molar-refractivity contribution is -0.385. The normalized spacial score (nSPS) is 22.6. The summed E-state index contributed by atoms with van der Waals surface area (Å²) in [5.41, 5.74) is -0.291. The summed E-state index contributed by atoms with van der Waals surface area (Å²) in [6.07, 6.45) is 3.00. The molecule has 0 bridgehead atoms. The molecule has 1 aliphatic rings. The summed E-state index contributed by atoms with van der Waals surface area (Å²) in [5.74, 6) is 0.0316. The van der Waals surface area contributed by atoms with Crippen LogP contribution >= 0.6 is 11.6 Å². The molecule has 1 aliphatic heterocycles. The average molecular weight is 298 g/mol. The lowest BCUT2D eigenvalue weighted by Gasteiger charge is -2.37. The Labute approximate surface area is 121 Å². The predicted molar refractivity (Wildman–Crippen MR) is 74.8 cm³/mol. The standard InChI is InChI=1S/C13H16ClN3O3/c1-8-4-3-5-16(9(8)2)13(18)10-6-12(14)15-7-11(10)17(19)20/h6-9H,3-5H2,1-2H3. The van der Waals surface area contributed by atoms with Crippen LogP contribution in [0.5, 0.6) is 0 Å². The summed E-state index contributed by atoms with van der Waals surface area (Å²) >= 11 is 5.77. The summed E-state index contributed by atoms with van der Waals surface area (Å²) in [6.45, 7) is 4.66. The van der Waals surface area contributed by atoms with Gasteiger partial charge in [0.25, 0.3) is 11.6 Å². The number of likely N-dealkylation sites (tertiary alicyclic amines) is 1. The topological polar surface area (TPSA) is 76.3 Å². The third-order valence-electron chi connectivity index (χ3n) is 3.91. The summed E-state index contributed by atoms with van der Waals surface area (Å²) in [7, 11) is 0. The molecule has 0 radical (unpaired) electrons. The first-order chi connectivity index (χ1) is 9.41. The molecule has 0 N–H and O–H groups in total. The summed E-state index contributed by atoms with van der Waals surface area (Å²) in [5, 5.41) is 11.1. The molecule has 2 rings (SSSR count). The molecular weight excluding hydrogens is 282 g/mol. The van der Waals surface area contributed by atoms with Gasteiger partial charge in [0.15, 0.2) is 0 Å². The first-order valence-corrected chi connectivity index (χ1v) is 6.90.